The zero-order chi connectivity index (χ0) is 11.4. The number of carbonyl (C=O) groups excluding carboxylic acids is 2. The first kappa shape index (κ1) is 12.9. The standard InChI is InChI=1S/C10H18O4/c1-7(6-13-8(2)11)10(4,5)14-9(3)12/h7H,6H2,1-5H3. The summed E-state index contributed by atoms with van der Waals surface area (Å²) < 4.78 is 9.94. The third-order valence-electron chi connectivity index (χ3n) is 2.13. The molecule has 0 radical (unpaired) electrons. The van der Waals surface area contributed by atoms with Crippen molar-refractivity contribution in [1.82, 2.24) is 0 Å². The predicted molar refractivity (Wildman–Crippen MR) is 51.6 cm³/mol. The summed E-state index contributed by atoms with van der Waals surface area (Å²) in [6.45, 7) is 8.43. The summed E-state index contributed by atoms with van der Waals surface area (Å²) in [5.41, 5.74) is -0.610. The Morgan fingerprint density at radius 3 is 2.07 bits per heavy atom. The van der Waals surface area contributed by atoms with E-state index in [1.54, 1.807) is 13.8 Å². The fourth-order valence-corrected chi connectivity index (χ4v) is 0.914. The molecule has 0 saturated carbocycles. The van der Waals surface area contributed by atoms with Crippen molar-refractivity contribution in [2.75, 3.05) is 6.61 Å². The molecule has 0 bridgehead atoms. The van der Waals surface area contributed by atoms with E-state index in [9.17, 15) is 9.59 Å². The first-order chi connectivity index (χ1) is 6.25. The molecule has 0 aromatic carbocycles. The Morgan fingerprint density at radius 1 is 1.21 bits per heavy atom. The number of hydrogen-bond donors (Lipinski definition) is 0. The van der Waals surface area contributed by atoms with Crippen LogP contribution in [-0.4, -0.2) is 24.1 Å². The lowest BCUT2D eigenvalue weighted by molar-refractivity contribution is -0.162. The van der Waals surface area contributed by atoms with Crippen LogP contribution in [0.25, 0.3) is 0 Å². The normalized spacial score (nSPS) is 13.2. The van der Waals surface area contributed by atoms with Gasteiger partial charge < -0.3 is 9.47 Å². The van der Waals surface area contributed by atoms with Gasteiger partial charge in [0.15, 0.2) is 0 Å². The molecule has 82 valence electrons. The van der Waals surface area contributed by atoms with Crippen LogP contribution in [0, 0.1) is 5.92 Å². The lowest BCUT2D eigenvalue weighted by Gasteiger charge is -2.30. The lowest BCUT2D eigenvalue weighted by Crippen LogP contribution is -2.37. The van der Waals surface area contributed by atoms with Gasteiger partial charge in [-0.3, -0.25) is 9.59 Å². The van der Waals surface area contributed by atoms with E-state index in [1.165, 1.54) is 13.8 Å². The monoisotopic (exact) mass is 202 g/mol. The van der Waals surface area contributed by atoms with Gasteiger partial charge >= 0.3 is 11.9 Å². The molecule has 4 heteroatoms. The number of rotatable bonds is 4. The maximum atomic E-state index is 10.8. The third kappa shape index (κ3) is 4.84. The van der Waals surface area contributed by atoms with Crippen molar-refractivity contribution in [1.29, 1.82) is 0 Å². The van der Waals surface area contributed by atoms with Gasteiger partial charge in [-0.15, -0.1) is 0 Å². The van der Waals surface area contributed by atoms with E-state index in [-0.39, 0.29) is 24.5 Å². The molecule has 14 heavy (non-hydrogen) atoms. The van der Waals surface area contributed by atoms with Gasteiger partial charge in [-0.2, -0.15) is 0 Å². The molecule has 0 spiro atoms. The molecule has 0 amide bonds. The van der Waals surface area contributed by atoms with Crippen molar-refractivity contribution < 1.29 is 19.1 Å². The zero-order valence-corrected chi connectivity index (χ0v) is 9.42. The molecular weight excluding hydrogens is 184 g/mol. The van der Waals surface area contributed by atoms with Gasteiger partial charge in [0.25, 0.3) is 0 Å². The topological polar surface area (TPSA) is 52.6 Å². The van der Waals surface area contributed by atoms with Crippen LogP contribution in [0.4, 0.5) is 0 Å². The predicted octanol–water partition coefficient (Wildman–Crippen LogP) is 1.53. The molecule has 0 rings (SSSR count). The summed E-state index contributed by atoms with van der Waals surface area (Å²) in [6, 6.07) is 0. The summed E-state index contributed by atoms with van der Waals surface area (Å²) in [4.78, 5) is 21.3. The van der Waals surface area contributed by atoms with Crippen molar-refractivity contribution >= 4 is 11.9 Å². The minimum atomic E-state index is -0.610. The van der Waals surface area contributed by atoms with E-state index in [0.717, 1.165) is 0 Å². The molecule has 1 unspecified atom stereocenters. The second kappa shape index (κ2) is 4.98. The average molecular weight is 202 g/mol. The summed E-state index contributed by atoms with van der Waals surface area (Å²) in [5, 5.41) is 0. The minimum absolute atomic E-state index is 0.0321. The maximum absolute atomic E-state index is 10.8. The van der Waals surface area contributed by atoms with Gasteiger partial charge in [0.2, 0.25) is 0 Å². The van der Waals surface area contributed by atoms with E-state index in [2.05, 4.69) is 0 Å². The Kier molecular flexibility index (Phi) is 4.60. The smallest absolute Gasteiger partial charge is 0.303 e. The highest BCUT2D eigenvalue weighted by molar-refractivity contribution is 5.66. The summed E-state index contributed by atoms with van der Waals surface area (Å²) >= 11 is 0. The van der Waals surface area contributed by atoms with Crippen LogP contribution in [0.2, 0.25) is 0 Å². The maximum Gasteiger partial charge on any atom is 0.303 e. The van der Waals surface area contributed by atoms with Crippen LogP contribution in [0.5, 0.6) is 0 Å². The molecule has 0 aromatic rings. The van der Waals surface area contributed by atoms with Crippen molar-refractivity contribution in [2.45, 2.75) is 40.2 Å². The fraction of sp³-hybridized carbons (Fsp3) is 0.800. The van der Waals surface area contributed by atoms with Crippen LogP contribution in [0.3, 0.4) is 0 Å². The van der Waals surface area contributed by atoms with Crippen LogP contribution in [0.1, 0.15) is 34.6 Å². The van der Waals surface area contributed by atoms with E-state index < -0.39 is 5.60 Å². The summed E-state index contributed by atoms with van der Waals surface area (Å²) in [6.07, 6.45) is 0. The van der Waals surface area contributed by atoms with Gasteiger partial charge in [0.1, 0.15) is 5.60 Å². The minimum Gasteiger partial charge on any atom is -0.465 e. The van der Waals surface area contributed by atoms with Crippen LogP contribution in [-0.2, 0) is 19.1 Å². The van der Waals surface area contributed by atoms with Gasteiger partial charge in [-0.05, 0) is 13.8 Å². The zero-order valence-electron chi connectivity index (χ0n) is 9.42. The number of hydrogen-bond acceptors (Lipinski definition) is 4. The third-order valence-corrected chi connectivity index (χ3v) is 2.13. The highest BCUT2D eigenvalue weighted by Crippen LogP contribution is 2.21. The van der Waals surface area contributed by atoms with Crippen molar-refractivity contribution in [3.63, 3.8) is 0 Å². The largest absolute Gasteiger partial charge is 0.465 e. The summed E-state index contributed by atoms with van der Waals surface area (Å²) in [5.74, 6) is -0.685. The Bertz CT molecular complexity index is 220. The molecule has 0 aliphatic heterocycles. The molecule has 4 nitrogen and oxygen atoms in total. The quantitative estimate of drug-likeness (QED) is 0.649. The first-order valence-corrected chi connectivity index (χ1v) is 4.58. The van der Waals surface area contributed by atoms with Gasteiger partial charge in [-0.25, -0.2) is 0 Å². The van der Waals surface area contributed by atoms with Crippen molar-refractivity contribution in [3.8, 4) is 0 Å². The Hall–Kier alpha value is -1.06. The van der Waals surface area contributed by atoms with Crippen LogP contribution < -0.4 is 0 Å². The van der Waals surface area contributed by atoms with E-state index in [4.69, 9.17) is 9.47 Å². The molecule has 0 saturated heterocycles. The SMILES string of the molecule is CC(=O)OCC(C)C(C)(C)OC(C)=O. The molecule has 0 aliphatic rings. The fourth-order valence-electron chi connectivity index (χ4n) is 0.914. The average Bonchev–Trinajstić information content (AvgIpc) is 1.97. The van der Waals surface area contributed by atoms with Gasteiger partial charge in [-0.1, -0.05) is 6.92 Å². The Balaban J connectivity index is 4.13. The molecule has 0 aromatic heterocycles. The molecule has 0 aliphatic carbocycles. The second-order valence-corrected chi connectivity index (χ2v) is 3.90. The number of esters is 2. The molecule has 0 fully saturated rings. The van der Waals surface area contributed by atoms with Crippen LogP contribution in [0.15, 0.2) is 0 Å². The first-order valence-electron chi connectivity index (χ1n) is 4.58. The van der Waals surface area contributed by atoms with Crippen molar-refractivity contribution in [3.05, 3.63) is 0 Å². The van der Waals surface area contributed by atoms with Gasteiger partial charge in [0, 0.05) is 19.8 Å². The van der Waals surface area contributed by atoms with Crippen LogP contribution >= 0.6 is 0 Å². The van der Waals surface area contributed by atoms with E-state index >= 15 is 0 Å². The highest BCUT2D eigenvalue weighted by Gasteiger charge is 2.29. The van der Waals surface area contributed by atoms with E-state index in [0.29, 0.717) is 0 Å². The lowest BCUT2D eigenvalue weighted by atomic mass is 9.93. The molecule has 0 heterocycles. The van der Waals surface area contributed by atoms with E-state index in [1.807, 2.05) is 6.92 Å². The Morgan fingerprint density at radius 2 is 1.71 bits per heavy atom. The number of ether oxygens (including phenoxy) is 2. The summed E-state index contributed by atoms with van der Waals surface area (Å²) in [7, 11) is 0. The van der Waals surface area contributed by atoms with Crippen molar-refractivity contribution in [2.24, 2.45) is 5.92 Å². The molecule has 0 N–H and O–H groups in total. The van der Waals surface area contributed by atoms with Gasteiger partial charge in [0.05, 0.1) is 6.61 Å². The number of carbonyl (C=O) groups is 2. The Labute approximate surface area is 84.6 Å². The molecular formula is C10H18O4. The highest BCUT2D eigenvalue weighted by atomic mass is 16.6. The second-order valence-electron chi connectivity index (χ2n) is 3.90. The molecule has 1 atom stereocenters.